The van der Waals surface area contributed by atoms with E-state index in [9.17, 15) is 19.8 Å². The van der Waals surface area contributed by atoms with E-state index in [1.54, 1.807) is 27.2 Å². The molecule has 5 rings (SSSR count). The molecule has 4 aliphatic rings. The maximum Gasteiger partial charge on any atom is 0.339 e. The molecule has 1 spiro atoms. The Kier molecular flexibility index (Phi) is 7.69. The summed E-state index contributed by atoms with van der Waals surface area (Å²) in [5, 5.41) is 21.4. The van der Waals surface area contributed by atoms with Gasteiger partial charge in [0.2, 0.25) is 6.79 Å². The van der Waals surface area contributed by atoms with Crippen LogP contribution in [0.2, 0.25) is 0 Å². The van der Waals surface area contributed by atoms with Crippen molar-refractivity contribution in [2.45, 2.75) is 87.6 Å². The second-order valence-electron chi connectivity index (χ2n) is 11.7. The van der Waals surface area contributed by atoms with E-state index in [1.807, 2.05) is 12.1 Å². The summed E-state index contributed by atoms with van der Waals surface area (Å²) in [5.74, 6) is 0.804. The van der Waals surface area contributed by atoms with Crippen molar-refractivity contribution in [2.75, 3.05) is 33.2 Å². The van der Waals surface area contributed by atoms with Crippen molar-refractivity contribution in [3.05, 3.63) is 35.1 Å². The summed E-state index contributed by atoms with van der Waals surface area (Å²) in [6, 6.07) is 4.04. The van der Waals surface area contributed by atoms with Gasteiger partial charge in [0, 0.05) is 6.54 Å². The quantitative estimate of drug-likeness (QED) is 0.435. The zero-order chi connectivity index (χ0) is 28.0. The summed E-state index contributed by atoms with van der Waals surface area (Å²) in [6.07, 6.45) is 6.00. The van der Waals surface area contributed by atoms with Crippen molar-refractivity contribution in [3.8, 4) is 11.5 Å². The number of aliphatic hydroxyl groups is 2. The Balaban J connectivity index is 1.50. The second kappa shape index (κ2) is 10.6. The van der Waals surface area contributed by atoms with Crippen LogP contribution in [0, 0.1) is 0 Å². The van der Waals surface area contributed by atoms with Gasteiger partial charge in [0.25, 0.3) is 0 Å². The van der Waals surface area contributed by atoms with E-state index >= 15 is 0 Å². The minimum atomic E-state index is -2.02. The lowest BCUT2D eigenvalue weighted by molar-refractivity contribution is -0.175. The number of esters is 1. The molecule has 0 saturated carbocycles. The number of fused-ring (bicyclic) bond motifs is 3. The molecule has 0 bridgehead atoms. The number of carbonyl (C=O) groups excluding carboxylic acids is 2. The van der Waals surface area contributed by atoms with Crippen LogP contribution in [0.3, 0.4) is 0 Å². The number of benzene rings is 1. The molecule has 2 unspecified atom stereocenters. The lowest BCUT2D eigenvalue weighted by atomic mass is 9.77. The Labute approximate surface area is 233 Å². The summed E-state index contributed by atoms with van der Waals surface area (Å²) in [5.41, 5.74) is -1.24. The van der Waals surface area contributed by atoms with Crippen LogP contribution in [0.1, 0.15) is 69.4 Å². The fourth-order valence-electron chi connectivity index (χ4n) is 6.71. The van der Waals surface area contributed by atoms with Gasteiger partial charge in [-0.1, -0.05) is 11.8 Å². The Morgan fingerprint density at radius 2 is 1.92 bits per heavy atom. The molecule has 1 aliphatic carbocycles. The largest absolute Gasteiger partial charge is 0.497 e. The number of methoxy groups -OCH3 is 1. The first-order valence-corrected chi connectivity index (χ1v) is 14.9. The lowest BCUT2D eigenvalue weighted by Crippen LogP contribution is -2.49. The van der Waals surface area contributed by atoms with Gasteiger partial charge in [-0.2, -0.15) is 0 Å². The van der Waals surface area contributed by atoms with Crippen LogP contribution >= 0.6 is 11.8 Å². The van der Waals surface area contributed by atoms with E-state index in [4.69, 9.17) is 18.9 Å². The Bertz CT molecular complexity index is 1160. The molecule has 0 radical (unpaired) electrons. The smallest absolute Gasteiger partial charge is 0.339 e. The molecule has 3 aliphatic heterocycles. The first-order chi connectivity index (χ1) is 18.5. The number of rotatable bonds is 9. The predicted molar refractivity (Wildman–Crippen MR) is 146 cm³/mol. The van der Waals surface area contributed by atoms with Gasteiger partial charge >= 0.3 is 5.97 Å². The molecule has 3 heterocycles. The van der Waals surface area contributed by atoms with E-state index in [0.717, 1.165) is 55.2 Å². The van der Waals surface area contributed by atoms with E-state index in [1.165, 1.54) is 0 Å². The molecule has 39 heavy (non-hydrogen) atoms. The van der Waals surface area contributed by atoms with Crippen LogP contribution in [0.5, 0.6) is 11.5 Å². The van der Waals surface area contributed by atoms with E-state index in [-0.39, 0.29) is 30.7 Å². The highest BCUT2D eigenvalue weighted by Gasteiger charge is 2.59. The summed E-state index contributed by atoms with van der Waals surface area (Å²) < 4.78 is 23.4. The number of nitrogens with zero attached hydrogens (tertiary/aromatic N) is 1. The van der Waals surface area contributed by atoms with Gasteiger partial charge in [-0.3, -0.25) is 9.69 Å². The van der Waals surface area contributed by atoms with Gasteiger partial charge < -0.3 is 29.2 Å². The van der Waals surface area contributed by atoms with E-state index < -0.39 is 28.8 Å². The number of thioether (sulfide) groups is 1. The van der Waals surface area contributed by atoms with Gasteiger partial charge in [-0.25, -0.2) is 4.79 Å². The van der Waals surface area contributed by atoms with Crippen molar-refractivity contribution >= 4 is 22.8 Å². The Hall–Kier alpha value is -2.27. The standard InChI is InChI=1S/C29H39NO8S/c1-27(2,33)8-5-10-29(34,16-23(31)39-4)26(32)38-25-22(35-3)15-28-9-6-11-30(28)12-7-18-13-20-21(37-17-36-20)14-19(18)24(25)28/h13-15,24-25,33-34H,5-12,16-17H2,1-4H3/t24-,25?,28?,29-/m1/s1. The minimum absolute atomic E-state index is 0.00190. The van der Waals surface area contributed by atoms with Gasteiger partial charge in [0.15, 0.2) is 28.3 Å². The van der Waals surface area contributed by atoms with Gasteiger partial charge in [-0.15, -0.1) is 0 Å². The predicted octanol–water partition coefficient (Wildman–Crippen LogP) is 3.30. The zero-order valence-electron chi connectivity index (χ0n) is 23.2. The van der Waals surface area contributed by atoms with E-state index in [2.05, 4.69) is 11.0 Å². The van der Waals surface area contributed by atoms with Crippen LogP contribution in [0.15, 0.2) is 24.0 Å². The van der Waals surface area contributed by atoms with Crippen LogP contribution in [0.4, 0.5) is 0 Å². The Morgan fingerprint density at radius 1 is 1.18 bits per heavy atom. The molecule has 1 fully saturated rings. The van der Waals surface area contributed by atoms with Gasteiger partial charge in [0.05, 0.1) is 30.6 Å². The van der Waals surface area contributed by atoms with Gasteiger partial charge in [-0.05, 0) is 94.5 Å². The summed E-state index contributed by atoms with van der Waals surface area (Å²) in [7, 11) is 1.57. The molecular weight excluding hydrogens is 522 g/mol. The third-order valence-corrected chi connectivity index (χ3v) is 9.22. The third kappa shape index (κ3) is 5.28. The molecule has 10 heteroatoms. The molecule has 1 aromatic rings. The molecule has 4 atom stereocenters. The maximum atomic E-state index is 13.8. The normalized spacial score (nSPS) is 27.1. The first-order valence-electron chi connectivity index (χ1n) is 13.7. The fourth-order valence-corrected chi connectivity index (χ4v) is 7.09. The van der Waals surface area contributed by atoms with Crippen LogP contribution in [-0.2, 0) is 25.5 Å². The number of hydrogen-bond acceptors (Lipinski definition) is 10. The zero-order valence-corrected chi connectivity index (χ0v) is 24.0. The average molecular weight is 562 g/mol. The van der Waals surface area contributed by atoms with Crippen LogP contribution < -0.4 is 9.47 Å². The number of carbonyl (C=O) groups is 2. The average Bonchev–Trinajstić information content (AvgIpc) is 3.56. The summed E-state index contributed by atoms with van der Waals surface area (Å²) >= 11 is 0.966. The van der Waals surface area contributed by atoms with Crippen molar-refractivity contribution < 1.29 is 38.7 Å². The topological polar surface area (TPSA) is 115 Å². The van der Waals surface area contributed by atoms with E-state index in [0.29, 0.717) is 30.1 Å². The highest BCUT2D eigenvalue weighted by molar-refractivity contribution is 8.13. The molecular formula is C29H39NO8S. The number of hydrogen-bond donors (Lipinski definition) is 2. The minimum Gasteiger partial charge on any atom is -0.497 e. The highest BCUT2D eigenvalue weighted by Crippen LogP contribution is 2.55. The molecule has 9 nitrogen and oxygen atoms in total. The van der Waals surface area contributed by atoms with Crippen molar-refractivity contribution in [1.82, 2.24) is 4.90 Å². The third-order valence-electron chi connectivity index (χ3n) is 8.62. The van der Waals surface area contributed by atoms with Crippen molar-refractivity contribution in [1.29, 1.82) is 0 Å². The molecule has 2 N–H and O–H groups in total. The highest BCUT2D eigenvalue weighted by atomic mass is 32.2. The summed E-state index contributed by atoms with van der Waals surface area (Å²) in [4.78, 5) is 28.7. The molecule has 214 valence electrons. The Morgan fingerprint density at radius 3 is 2.62 bits per heavy atom. The lowest BCUT2D eigenvalue weighted by Gasteiger charge is -2.39. The molecule has 0 aromatic heterocycles. The van der Waals surface area contributed by atoms with Crippen molar-refractivity contribution in [3.63, 3.8) is 0 Å². The molecule has 1 saturated heterocycles. The van der Waals surface area contributed by atoms with Gasteiger partial charge in [0.1, 0.15) is 5.76 Å². The first kappa shape index (κ1) is 28.3. The summed E-state index contributed by atoms with van der Waals surface area (Å²) in [6.45, 7) is 5.29. The number of ether oxygens (including phenoxy) is 4. The van der Waals surface area contributed by atoms with Crippen LogP contribution in [0.25, 0.3) is 0 Å². The monoisotopic (exact) mass is 561 g/mol. The molecule has 1 aromatic carbocycles. The SMILES string of the molecule is COC1=CC23CCCN2CCc2cc4c(cc2[C@@H]3C1OC(=O)[C@@](O)(CCCC(C)(C)O)CC(=O)SC)OCO4. The fraction of sp³-hybridized carbons (Fsp3) is 0.655. The van der Waals surface area contributed by atoms with Crippen LogP contribution in [-0.4, -0.2) is 82.3 Å². The molecule has 0 amide bonds. The van der Waals surface area contributed by atoms with Crippen molar-refractivity contribution in [2.24, 2.45) is 0 Å². The maximum absolute atomic E-state index is 13.8. The second-order valence-corrected chi connectivity index (χ2v) is 12.6.